The molecule has 0 aromatic carbocycles. The summed E-state index contributed by atoms with van der Waals surface area (Å²) in [4.78, 5) is 2.46. The molecule has 0 aromatic heterocycles. The van der Waals surface area contributed by atoms with E-state index in [9.17, 15) is 8.42 Å². The Hall–Kier alpha value is -0.0900. The molecule has 16 heavy (non-hydrogen) atoms. The maximum Gasteiger partial charge on any atom is 0.147 e. The van der Waals surface area contributed by atoms with Crippen molar-refractivity contribution in [2.75, 3.05) is 31.6 Å². The smallest absolute Gasteiger partial charge is 0.147 e. The summed E-state index contributed by atoms with van der Waals surface area (Å²) in [6.45, 7) is 9.95. The van der Waals surface area contributed by atoms with Crippen molar-refractivity contribution in [1.82, 2.24) is 4.90 Å². The average molecular weight is 247 g/mol. The van der Waals surface area contributed by atoms with Gasteiger partial charge in [-0.05, 0) is 37.3 Å². The first kappa shape index (κ1) is 14.0. The Bertz CT molecular complexity index is 308. The number of likely N-dealkylation sites (tertiary alicyclic amines) is 1. The lowest BCUT2D eigenvalue weighted by atomic mass is 9.93. The third-order valence-electron chi connectivity index (χ3n) is 2.94. The molecule has 1 rings (SSSR count). The molecule has 0 atom stereocenters. The molecule has 0 unspecified atom stereocenters. The molecule has 0 amide bonds. The molecule has 1 fully saturated rings. The van der Waals surface area contributed by atoms with Gasteiger partial charge in [-0.25, -0.2) is 8.42 Å². The summed E-state index contributed by atoms with van der Waals surface area (Å²) in [6, 6.07) is 0. The fraction of sp³-hybridized carbons (Fsp3) is 1.00. The summed E-state index contributed by atoms with van der Waals surface area (Å²) >= 11 is 0. The van der Waals surface area contributed by atoms with Crippen molar-refractivity contribution in [3.05, 3.63) is 0 Å². The van der Waals surface area contributed by atoms with Crippen LogP contribution in [0.2, 0.25) is 0 Å². The van der Waals surface area contributed by atoms with Crippen LogP contribution in [0.1, 0.15) is 33.6 Å². The summed E-state index contributed by atoms with van der Waals surface area (Å²) in [6.07, 6.45) is 3.40. The zero-order valence-corrected chi connectivity index (χ0v) is 11.8. The van der Waals surface area contributed by atoms with Crippen LogP contribution in [0.3, 0.4) is 0 Å². The van der Waals surface area contributed by atoms with Crippen molar-refractivity contribution < 1.29 is 8.42 Å². The van der Waals surface area contributed by atoms with Crippen LogP contribution in [0.15, 0.2) is 0 Å². The highest BCUT2D eigenvalue weighted by atomic mass is 32.2. The van der Waals surface area contributed by atoms with E-state index in [1.165, 1.54) is 6.26 Å². The molecule has 0 aliphatic carbocycles. The highest BCUT2D eigenvalue weighted by Crippen LogP contribution is 2.22. The van der Waals surface area contributed by atoms with Crippen LogP contribution in [0.4, 0.5) is 0 Å². The van der Waals surface area contributed by atoms with E-state index in [1.54, 1.807) is 0 Å². The minimum absolute atomic E-state index is 0.337. The molecular weight excluding hydrogens is 222 g/mol. The first-order valence-corrected chi connectivity index (χ1v) is 8.12. The first-order valence-electron chi connectivity index (χ1n) is 6.06. The average Bonchev–Trinajstić information content (AvgIpc) is 2.03. The minimum atomic E-state index is -2.79. The SMILES string of the molecule is CC(C)(C)CN1CCC(CS(C)(=O)=O)CC1. The number of rotatable bonds is 3. The van der Waals surface area contributed by atoms with E-state index in [4.69, 9.17) is 0 Å². The molecule has 0 aromatic rings. The molecule has 96 valence electrons. The van der Waals surface area contributed by atoms with Gasteiger partial charge in [0, 0.05) is 12.8 Å². The molecule has 3 nitrogen and oxygen atoms in total. The van der Waals surface area contributed by atoms with Crippen LogP contribution in [0.25, 0.3) is 0 Å². The lowest BCUT2D eigenvalue weighted by molar-refractivity contribution is 0.142. The second-order valence-corrected chi connectivity index (χ2v) is 8.56. The van der Waals surface area contributed by atoms with Gasteiger partial charge in [0.2, 0.25) is 0 Å². The van der Waals surface area contributed by atoms with Crippen molar-refractivity contribution in [3.8, 4) is 0 Å². The van der Waals surface area contributed by atoms with Crippen LogP contribution >= 0.6 is 0 Å². The molecule has 1 saturated heterocycles. The molecule has 1 aliphatic rings. The molecular formula is C12H25NO2S. The van der Waals surface area contributed by atoms with Crippen molar-refractivity contribution in [2.24, 2.45) is 11.3 Å². The van der Waals surface area contributed by atoms with E-state index in [0.717, 1.165) is 32.5 Å². The van der Waals surface area contributed by atoms with Crippen LogP contribution in [-0.4, -0.2) is 45.0 Å². The van der Waals surface area contributed by atoms with E-state index in [0.29, 0.717) is 17.1 Å². The summed E-state index contributed by atoms with van der Waals surface area (Å²) < 4.78 is 22.4. The van der Waals surface area contributed by atoms with Crippen LogP contribution in [0, 0.1) is 11.3 Å². The van der Waals surface area contributed by atoms with E-state index < -0.39 is 9.84 Å². The van der Waals surface area contributed by atoms with Gasteiger partial charge in [-0.3, -0.25) is 0 Å². The zero-order valence-electron chi connectivity index (χ0n) is 11.0. The van der Waals surface area contributed by atoms with Gasteiger partial charge in [0.05, 0.1) is 5.75 Å². The van der Waals surface area contributed by atoms with Crippen LogP contribution in [-0.2, 0) is 9.84 Å². The second kappa shape index (κ2) is 5.05. The van der Waals surface area contributed by atoms with Crippen molar-refractivity contribution in [3.63, 3.8) is 0 Å². The van der Waals surface area contributed by atoms with Crippen molar-refractivity contribution in [1.29, 1.82) is 0 Å². The summed E-state index contributed by atoms with van der Waals surface area (Å²) in [5.74, 6) is 0.752. The highest BCUT2D eigenvalue weighted by Gasteiger charge is 2.24. The fourth-order valence-electron chi connectivity index (χ4n) is 2.41. The molecule has 0 N–H and O–H groups in total. The van der Waals surface area contributed by atoms with Gasteiger partial charge in [-0.2, -0.15) is 0 Å². The third kappa shape index (κ3) is 5.85. The molecule has 0 bridgehead atoms. The Kier molecular flexibility index (Phi) is 4.41. The Labute approximate surface area is 100 Å². The summed E-state index contributed by atoms with van der Waals surface area (Å²) in [5, 5.41) is 0. The Morgan fingerprint density at radius 1 is 1.19 bits per heavy atom. The second-order valence-electron chi connectivity index (χ2n) is 6.37. The Morgan fingerprint density at radius 3 is 2.06 bits per heavy atom. The van der Waals surface area contributed by atoms with E-state index >= 15 is 0 Å². The van der Waals surface area contributed by atoms with Gasteiger partial charge in [-0.1, -0.05) is 20.8 Å². The predicted octanol–water partition coefficient (Wildman–Crippen LogP) is 1.79. The van der Waals surface area contributed by atoms with Gasteiger partial charge in [0.25, 0.3) is 0 Å². The van der Waals surface area contributed by atoms with Crippen LogP contribution in [0.5, 0.6) is 0 Å². The number of hydrogen-bond donors (Lipinski definition) is 0. The maximum absolute atomic E-state index is 11.2. The van der Waals surface area contributed by atoms with Gasteiger partial charge >= 0.3 is 0 Å². The third-order valence-corrected chi connectivity index (χ3v) is 4.02. The zero-order chi connectivity index (χ0) is 12.4. The predicted molar refractivity (Wildman–Crippen MR) is 68.3 cm³/mol. The molecule has 0 saturated carbocycles. The van der Waals surface area contributed by atoms with E-state index in [1.807, 2.05) is 0 Å². The van der Waals surface area contributed by atoms with E-state index in [-0.39, 0.29) is 0 Å². The van der Waals surface area contributed by atoms with Crippen LogP contribution < -0.4 is 0 Å². The number of piperidine rings is 1. The van der Waals surface area contributed by atoms with Gasteiger partial charge in [0.1, 0.15) is 9.84 Å². The summed E-state index contributed by atoms with van der Waals surface area (Å²) in [7, 11) is -2.79. The topological polar surface area (TPSA) is 37.4 Å². The number of nitrogens with zero attached hydrogens (tertiary/aromatic N) is 1. The Balaban J connectivity index is 2.34. The standard InChI is InChI=1S/C12H25NO2S/c1-12(2,3)10-13-7-5-11(6-8-13)9-16(4,14)15/h11H,5-10H2,1-4H3. The van der Waals surface area contributed by atoms with E-state index in [2.05, 4.69) is 25.7 Å². The fourth-order valence-corrected chi connectivity index (χ4v) is 3.60. The van der Waals surface area contributed by atoms with Gasteiger partial charge < -0.3 is 4.90 Å². The molecule has 1 aliphatic heterocycles. The number of sulfone groups is 1. The first-order chi connectivity index (χ1) is 7.16. The van der Waals surface area contributed by atoms with Crippen molar-refractivity contribution >= 4 is 9.84 Å². The molecule has 0 spiro atoms. The summed E-state index contributed by atoms with van der Waals surface area (Å²) in [5.41, 5.74) is 0.337. The normalized spacial score (nSPS) is 21.2. The Morgan fingerprint density at radius 2 is 1.69 bits per heavy atom. The molecule has 4 heteroatoms. The number of hydrogen-bond acceptors (Lipinski definition) is 3. The van der Waals surface area contributed by atoms with Crippen molar-refractivity contribution in [2.45, 2.75) is 33.6 Å². The minimum Gasteiger partial charge on any atom is -0.303 e. The monoisotopic (exact) mass is 247 g/mol. The lowest BCUT2D eigenvalue weighted by Gasteiger charge is -2.35. The van der Waals surface area contributed by atoms with Gasteiger partial charge in [0.15, 0.2) is 0 Å². The molecule has 0 radical (unpaired) electrons. The maximum atomic E-state index is 11.2. The molecule has 1 heterocycles. The largest absolute Gasteiger partial charge is 0.303 e. The van der Waals surface area contributed by atoms with Gasteiger partial charge in [-0.15, -0.1) is 0 Å². The lowest BCUT2D eigenvalue weighted by Crippen LogP contribution is -2.40. The quantitative estimate of drug-likeness (QED) is 0.763. The highest BCUT2D eigenvalue weighted by molar-refractivity contribution is 7.90.